The molecule has 3 aliphatic rings. The average Bonchev–Trinajstić information content (AvgIpc) is 3.38. The van der Waals surface area contributed by atoms with Crippen LogP contribution in [0.25, 0.3) is 0 Å². The second-order valence-electron chi connectivity index (χ2n) is 8.90. The third-order valence-corrected chi connectivity index (χ3v) is 7.16. The minimum atomic E-state index is -0.360. The zero-order valence-corrected chi connectivity index (χ0v) is 18.8. The van der Waals surface area contributed by atoms with Crippen molar-refractivity contribution in [2.45, 2.75) is 31.3 Å². The van der Waals surface area contributed by atoms with E-state index in [0.29, 0.717) is 30.2 Å². The average molecular weight is 478 g/mol. The SMILES string of the molecule is O=C1[C@H]2CC=CC[C@H]2C(=O)N1c1nc2n(n1)[C@H](c1ccc(F)cc1)C[C@H](c1ccc(Cl)cc1)N2. The summed E-state index contributed by atoms with van der Waals surface area (Å²) in [6.07, 6.45) is 5.61. The van der Waals surface area contributed by atoms with Crippen molar-refractivity contribution in [3.05, 3.63) is 82.6 Å². The third-order valence-electron chi connectivity index (χ3n) is 6.91. The van der Waals surface area contributed by atoms with Crippen LogP contribution >= 0.6 is 11.6 Å². The number of imide groups is 1. The zero-order chi connectivity index (χ0) is 23.4. The number of fused-ring (bicyclic) bond motifs is 2. The zero-order valence-electron chi connectivity index (χ0n) is 18.1. The maximum Gasteiger partial charge on any atom is 0.260 e. The van der Waals surface area contributed by atoms with Gasteiger partial charge < -0.3 is 5.32 Å². The number of hydrogen-bond acceptors (Lipinski definition) is 5. The second kappa shape index (κ2) is 8.06. The van der Waals surface area contributed by atoms with Crippen LogP contribution in [-0.2, 0) is 9.59 Å². The molecule has 0 spiro atoms. The van der Waals surface area contributed by atoms with E-state index in [9.17, 15) is 14.0 Å². The molecule has 0 bridgehead atoms. The van der Waals surface area contributed by atoms with E-state index < -0.39 is 0 Å². The summed E-state index contributed by atoms with van der Waals surface area (Å²) in [5.41, 5.74) is 1.87. The first-order valence-corrected chi connectivity index (χ1v) is 11.6. The molecule has 2 amide bonds. The molecule has 172 valence electrons. The van der Waals surface area contributed by atoms with Crippen LogP contribution in [0, 0.1) is 17.7 Å². The molecule has 1 N–H and O–H groups in total. The highest BCUT2D eigenvalue weighted by atomic mass is 35.5. The lowest BCUT2D eigenvalue weighted by Crippen LogP contribution is -2.32. The molecule has 1 aliphatic carbocycles. The molecule has 4 atom stereocenters. The standard InChI is InChI=1S/C25H21ClFN5O2/c26-16-9-5-14(6-10-16)20-13-21(15-7-11-17(27)12-8-15)32-24(28-20)29-25(30-32)31-22(33)18-3-1-2-4-19(18)23(31)34/h1-2,5-12,18-21H,3-4,13H2,(H,28,29,30)/t18-,19+,20-,21+/m1/s1. The molecular formula is C25H21ClFN5O2. The van der Waals surface area contributed by atoms with Crippen LogP contribution in [0.2, 0.25) is 5.02 Å². The van der Waals surface area contributed by atoms with Gasteiger partial charge >= 0.3 is 0 Å². The minimum Gasteiger partial charge on any atom is -0.347 e. The van der Waals surface area contributed by atoms with Crippen molar-refractivity contribution in [2.24, 2.45) is 11.8 Å². The van der Waals surface area contributed by atoms with E-state index in [0.717, 1.165) is 16.0 Å². The summed E-state index contributed by atoms with van der Waals surface area (Å²) in [6.45, 7) is 0. The number of nitrogens with zero attached hydrogens (tertiary/aromatic N) is 4. The van der Waals surface area contributed by atoms with Crippen molar-refractivity contribution in [1.29, 1.82) is 0 Å². The van der Waals surface area contributed by atoms with Crippen LogP contribution in [0.15, 0.2) is 60.7 Å². The van der Waals surface area contributed by atoms with Crippen molar-refractivity contribution < 1.29 is 14.0 Å². The number of carbonyl (C=O) groups is 2. The molecule has 1 fully saturated rings. The molecule has 0 unspecified atom stereocenters. The number of anilines is 2. The molecule has 6 rings (SSSR count). The largest absolute Gasteiger partial charge is 0.347 e. The van der Waals surface area contributed by atoms with Gasteiger partial charge in [-0.1, -0.05) is 48.0 Å². The highest BCUT2D eigenvalue weighted by Gasteiger charge is 2.49. The summed E-state index contributed by atoms with van der Waals surface area (Å²) in [6, 6.07) is 13.4. The van der Waals surface area contributed by atoms with E-state index in [1.165, 1.54) is 12.1 Å². The second-order valence-corrected chi connectivity index (χ2v) is 9.34. The first-order chi connectivity index (χ1) is 16.5. The van der Waals surface area contributed by atoms with Crippen molar-refractivity contribution in [3.8, 4) is 0 Å². The summed E-state index contributed by atoms with van der Waals surface area (Å²) in [5, 5.41) is 8.64. The van der Waals surface area contributed by atoms with Crippen molar-refractivity contribution in [2.75, 3.05) is 10.2 Å². The van der Waals surface area contributed by atoms with E-state index >= 15 is 0 Å². The Kier molecular flexibility index (Phi) is 4.99. The van der Waals surface area contributed by atoms with Crippen LogP contribution in [0.1, 0.15) is 42.5 Å². The fraction of sp³-hybridized carbons (Fsp3) is 0.280. The van der Waals surface area contributed by atoms with Crippen molar-refractivity contribution in [3.63, 3.8) is 0 Å². The predicted molar refractivity (Wildman–Crippen MR) is 125 cm³/mol. The molecule has 3 heterocycles. The number of carbonyl (C=O) groups excluding carboxylic acids is 2. The Balaban J connectivity index is 1.40. The fourth-order valence-corrected chi connectivity index (χ4v) is 5.26. The number of nitrogens with one attached hydrogen (secondary N) is 1. The van der Waals surface area contributed by atoms with Gasteiger partial charge in [0.15, 0.2) is 0 Å². The summed E-state index contributed by atoms with van der Waals surface area (Å²) in [7, 11) is 0. The summed E-state index contributed by atoms with van der Waals surface area (Å²) in [4.78, 5) is 31.9. The number of aromatic nitrogens is 3. The van der Waals surface area contributed by atoms with E-state index in [2.05, 4.69) is 15.4 Å². The molecule has 0 saturated carbocycles. The smallest absolute Gasteiger partial charge is 0.260 e. The first kappa shape index (κ1) is 21.0. The lowest BCUT2D eigenvalue weighted by molar-refractivity contribution is -0.122. The van der Waals surface area contributed by atoms with Crippen LogP contribution in [0.3, 0.4) is 0 Å². The molecule has 2 aromatic carbocycles. The molecule has 7 nitrogen and oxygen atoms in total. The van der Waals surface area contributed by atoms with Gasteiger partial charge in [0.25, 0.3) is 5.95 Å². The van der Waals surface area contributed by atoms with Gasteiger partial charge in [-0.2, -0.15) is 4.98 Å². The molecular weight excluding hydrogens is 457 g/mol. The minimum absolute atomic E-state index is 0.0794. The van der Waals surface area contributed by atoms with Gasteiger partial charge in [0.2, 0.25) is 17.8 Å². The monoisotopic (exact) mass is 477 g/mol. The lowest BCUT2D eigenvalue weighted by Gasteiger charge is -2.31. The van der Waals surface area contributed by atoms with Gasteiger partial charge in [0, 0.05) is 5.02 Å². The third kappa shape index (κ3) is 3.40. The van der Waals surface area contributed by atoms with E-state index in [1.807, 2.05) is 36.4 Å². The number of halogens is 2. The van der Waals surface area contributed by atoms with E-state index in [-0.39, 0.29) is 47.5 Å². The maximum absolute atomic E-state index is 13.6. The Morgan fingerprint density at radius 1 is 0.912 bits per heavy atom. The Hall–Kier alpha value is -3.52. The van der Waals surface area contributed by atoms with Gasteiger partial charge in [-0.3, -0.25) is 9.59 Å². The van der Waals surface area contributed by atoms with Gasteiger partial charge in [0.05, 0.1) is 23.9 Å². The van der Waals surface area contributed by atoms with E-state index in [4.69, 9.17) is 11.6 Å². The highest BCUT2D eigenvalue weighted by Crippen LogP contribution is 2.41. The summed E-state index contributed by atoms with van der Waals surface area (Å²) in [5.74, 6) is -1.03. The predicted octanol–water partition coefficient (Wildman–Crippen LogP) is 4.67. The lowest BCUT2D eigenvalue weighted by atomic mass is 9.85. The number of amides is 2. The topological polar surface area (TPSA) is 80.1 Å². The maximum atomic E-state index is 13.6. The van der Waals surface area contributed by atoms with Crippen LogP contribution in [0.5, 0.6) is 0 Å². The van der Waals surface area contributed by atoms with Crippen LogP contribution in [-0.4, -0.2) is 26.6 Å². The van der Waals surface area contributed by atoms with Crippen LogP contribution in [0.4, 0.5) is 16.3 Å². The molecule has 3 aromatic rings. The number of hydrogen-bond donors (Lipinski definition) is 1. The fourth-order valence-electron chi connectivity index (χ4n) is 5.13. The molecule has 1 saturated heterocycles. The molecule has 2 aliphatic heterocycles. The Morgan fingerprint density at radius 3 is 2.18 bits per heavy atom. The molecule has 0 radical (unpaired) electrons. The summed E-state index contributed by atoms with van der Waals surface area (Å²) >= 11 is 6.07. The van der Waals surface area contributed by atoms with Crippen LogP contribution < -0.4 is 10.2 Å². The summed E-state index contributed by atoms with van der Waals surface area (Å²) < 4.78 is 15.3. The van der Waals surface area contributed by atoms with Crippen molar-refractivity contribution in [1.82, 2.24) is 14.8 Å². The first-order valence-electron chi connectivity index (χ1n) is 11.3. The number of rotatable bonds is 3. The normalized spacial score (nSPS) is 25.8. The highest BCUT2D eigenvalue weighted by molar-refractivity contribution is 6.30. The van der Waals surface area contributed by atoms with Crippen molar-refractivity contribution >= 4 is 35.3 Å². The van der Waals surface area contributed by atoms with Gasteiger partial charge in [0.1, 0.15) is 5.82 Å². The van der Waals surface area contributed by atoms with Gasteiger partial charge in [-0.05, 0) is 54.7 Å². The Bertz CT molecular complexity index is 1280. The Morgan fingerprint density at radius 2 is 1.53 bits per heavy atom. The Labute approximate surface area is 200 Å². The van der Waals surface area contributed by atoms with E-state index in [1.54, 1.807) is 16.8 Å². The number of allylic oxidation sites excluding steroid dienone is 2. The van der Waals surface area contributed by atoms with Gasteiger partial charge in [-0.25, -0.2) is 14.0 Å². The number of benzene rings is 2. The molecule has 1 aromatic heterocycles. The molecule has 34 heavy (non-hydrogen) atoms. The molecule has 9 heteroatoms. The van der Waals surface area contributed by atoms with Gasteiger partial charge in [-0.15, -0.1) is 5.10 Å². The quantitative estimate of drug-likeness (QED) is 0.438.